The van der Waals surface area contributed by atoms with Crippen LogP contribution in [0.3, 0.4) is 0 Å². The molecule has 2 nitrogen and oxygen atoms in total. The minimum atomic E-state index is 0.176. The highest BCUT2D eigenvalue weighted by atomic mass is 16.5. The van der Waals surface area contributed by atoms with Crippen molar-refractivity contribution in [3.63, 3.8) is 0 Å². The summed E-state index contributed by atoms with van der Waals surface area (Å²) in [5.41, 5.74) is 1.70. The van der Waals surface area contributed by atoms with Gasteiger partial charge in [0.2, 0.25) is 0 Å². The van der Waals surface area contributed by atoms with Gasteiger partial charge in [-0.25, -0.2) is 0 Å². The van der Waals surface area contributed by atoms with Crippen LogP contribution in [0.15, 0.2) is 24.3 Å². The van der Waals surface area contributed by atoms with E-state index >= 15 is 0 Å². The van der Waals surface area contributed by atoms with Gasteiger partial charge < -0.3 is 10.1 Å². The van der Waals surface area contributed by atoms with E-state index in [0.717, 1.165) is 18.6 Å². The zero-order chi connectivity index (χ0) is 15.0. The van der Waals surface area contributed by atoms with Crippen LogP contribution in [0.4, 0.5) is 0 Å². The number of hydrogen-bond donors (Lipinski definition) is 1. The summed E-state index contributed by atoms with van der Waals surface area (Å²) >= 11 is 0. The molecular weight excluding hydrogens is 246 g/mol. The van der Waals surface area contributed by atoms with Crippen LogP contribution in [-0.2, 0) is 5.41 Å². The Morgan fingerprint density at radius 2 is 1.70 bits per heavy atom. The van der Waals surface area contributed by atoms with E-state index in [9.17, 15) is 0 Å². The van der Waals surface area contributed by atoms with Crippen LogP contribution >= 0.6 is 0 Å². The maximum Gasteiger partial charge on any atom is 0.120 e. The molecule has 0 heterocycles. The van der Waals surface area contributed by atoms with E-state index < -0.39 is 0 Å². The van der Waals surface area contributed by atoms with Crippen LogP contribution < -0.4 is 10.1 Å². The van der Waals surface area contributed by atoms with Gasteiger partial charge in [0.25, 0.3) is 0 Å². The molecule has 0 saturated heterocycles. The maximum atomic E-state index is 6.09. The predicted molar refractivity (Wildman–Crippen MR) is 85.5 cm³/mol. The Labute approximate surface area is 123 Å². The van der Waals surface area contributed by atoms with Gasteiger partial charge in [0.15, 0.2) is 0 Å². The minimum Gasteiger partial charge on any atom is -0.490 e. The smallest absolute Gasteiger partial charge is 0.120 e. The van der Waals surface area contributed by atoms with Crippen molar-refractivity contribution in [2.24, 2.45) is 0 Å². The monoisotopic (exact) mass is 275 g/mol. The zero-order valence-electron chi connectivity index (χ0n) is 13.8. The summed E-state index contributed by atoms with van der Waals surface area (Å²) in [6.07, 6.45) is 2.58. The summed E-state index contributed by atoms with van der Waals surface area (Å²) in [5, 5.41) is 3.63. The topological polar surface area (TPSA) is 21.3 Å². The Balaban J connectivity index is 1.87. The second kappa shape index (κ2) is 5.40. The molecule has 1 N–H and O–H groups in total. The molecule has 1 aliphatic rings. The lowest BCUT2D eigenvalue weighted by atomic mass is 9.86. The van der Waals surface area contributed by atoms with Crippen molar-refractivity contribution in [1.82, 2.24) is 5.32 Å². The molecule has 0 aromatic heterocycles. The molecule has 1 fully saturated rings. The van der Waals surface area contributed by atoms with E-state index in [1.54, 1.807) is 0 Å². The van der Waals surface area contributed by atoms with Crippen molar-refractivity contribution in [1.29, 1.82) is 0 Å². The first kappa shape index (κ1) is 15.4. The molecule has 2 heteroatoms. The highest BCUT2D eigenvalue weighted by molar-refractivity contribution is 5.32. The number of ether oxygens (including phenoxy) is 1. The Morgan fingerprint density at radius 3 is 2.25 bits per heavy atom. The lowest BCUT2D eigenvalue weighted by molar-refractivity contribution is 0.0733. The van der Waals surface area contributed by atoms with Crippen LogP contribution in [0.2, 0.25) is 0 Å². The van der Waals surface area contributed by atoms with Crippen molar-refractivity contribution >= 4 is 0 Å². The molecule has 20 heavy (non-hydrogen) atoms. The van der Waals surface area contributed by atoms with Crippen molar-refractivity contribution in [2.45, 2.75) is 77.5 Å². The second-order valence-electron chi connectivity index (χ2n) is 8.08. The fourth-order valence-corrected chi connectivity index (χ4v) is 2.62. The van der Waals surface area contributed by atoms with Gasteiger partial charge in [0.05, 0.1) is 0 Å². The van der Waals surface area contributed by atoms with Crippen molar-refractivity contribution in [3.8, 4) is 5.75 Å². The van der Waals surface area contributed by atoms with E-state index in [-0.39, 0.29) is 11.0 Å². The quantitative estimate of drug-likeness (QED) is 0.889. The highest BCUT2D eigenvalue weighted by Crippen LogP contribution is 2.30. The third kappa shape index (κ3) is 4.24. The molecule has 2 rings (SSSR count). The normalized spacial score (nSPS) is 23.3. The molecule has 0 spiro atoms. The lowest BCUT2D eigenvalue weighted by Crippen LogP contribution is -2.53. The van der Waals surface area contributed by atoms with Gasteiger partial charge in [-0.1, -0.05) is 32.9 Å². The minimum absolute atomic E-state index is 0.176. The van der Waals surface area contributed by atoms with Crippen molar-refractivity contribution < 1.29 is 4.74 Å². The summed E-state index contributed by atoms with van der Waals surface area (Å²) < 4.78 is 6.09. The van der Waals surface area contributed by atoms with Crippen molar-refractivity contribution in [3.05, 3.63) is 29.8 Å². The van der Waals surface area contributed by atoms with Gasteiger partial charge in [0.1, 0.15) is 11.9 Å². The number of hydrogen-bond acceptors (Lipinski definition) is 2. The average molecular weight is 275 g/mol. The predicted octanol–water partition coefficient (Wildman–Crippen LogP) is 4.28. The second-order valence-corrected chi connectivity index (χ2v) is 8.08. The summed E-state index contributed by atoms with van der Waals surface area (Å²) in [4.78, 5) is 0. The first-order valence-corrected chi connectivity index (χ1v) is 7.68. The Kier molecular flexibility index (Phi) is 4.15. The Morgan fingerprint density at radius 1 is 1.05 bits per heavy atom. The molecular formula is C18H29NO. The standard InChI is InChI=1S/C18H29NO/c1-17(2,3)13-8-7-9-15(10-13)20-16-11-14(12-16)19-18(4,5)6/h7-10,14,16,19H,11-12H2,1-6H3/t14-,16-. The highest BCUT2D eigenvalue weighted by Gasteiger charge is 2.33. The van der Waals surface area contributed by atoms with Gasteiger partial charge in [0, 0.05) is 11.6 Å². The largest absolute Gasteiger partial charge is 0.490 e. The number of nitrogens with one attached hydrogen (secondary N) is 1. The van der Waals surface area contributed by atoms with Gasteiger partial charge in [-0.15, -0.1) is 0 Å². The summed E-state index contributed by atoms with van der Waals surface area (Å²) in [6, 6.07) is 9.13. The van der Waals surface area contributed by atoms with Crippen LogP contribution in [0, 0.1) is 0 Å². The molecule has 0 atom stereocenters. The van der Waals surface area contributed by atoms with Crippen LogP contribution in [0.1, 0.15) is 59.9 Å². The molecule has 0 amide bonds. The third-order valence-corrected chi connectivity index (χ3v) is 3.73. The Bertz CT molecular complexity index is 447. The number of rotatable bonds is 3. The van der Waals surface area contributed by atoms with Crippen molar-refractivity contribution in [2.75, 3.05) is 0 Å². The van der Waals surface area contributed by atoms with Gasteiger partial charge in [-0.2, -0.15) is 0 Å². The van der Waals surface area contributed by atoms with E-state index in [1.165, 1.54) is 5.56 Å². The van der Waals surface area contributed by atoms with Crippen LogP contribution in [-0.4, -0.2) is 17.7 Å². The summed E-state index contributed by atoms with van der Waals surface area (Å²) in [5.74, 6) is 1.01. The fraction of sp³-hybridized carbons (Fsp3) is 0.667. The average Bonchev–Trinajstić information content (AvgIpc) is 2.23. The van der Waals surface area contributed by atoms with Gasteiger partial charge >= 0.3 is 0 Å². The maximum absolute atomic E-state index is 6.09. The molecule has 1 aliphatic carbocycles. The summed E-state index contributed by atoms with van der Waals surface area (Å²) in [7, 11) is 0. The third-order valence-electron chi connectivity index (χ3n) is 3.73. The van der Waals surface area contributed by atoms with E-state index in [2.05, 4.69) is 71.1 Å². The fourth-order valence-electron chi connectivity index (χ4n) is 2.62. The lowest BCUT2D eigenvalue weighted by Gasteiger charge is -2.40. The van der Waals surface area contributed by atoms with E-state index in [0.29, 0.717) is 12.1 Å². The SMILES string of the molecule is CC(C)(C)N[C@H]1C[C@H](Oc2cccc(C(C)(C)C)c2)C1. The molecule has 112 valence electrons. The molecule has 1 saturated carbocycles. The molecule has 0 bridgehead atoms. The van der Waals surface area contributed by atoms with Crippen LogP contribution in [0.25, 0.3) is 0 Å². The zero-order valence-corrected chi connectivity index (χ0v) is 13.8. The number of benzene rings is 1. The molecule has 1 aromatic carbocycles. The molecule has 0 radical (unpaired) electrons. The first-order chi connectivity index (χ1) is 9.13. The molecule has 0 unspecified atom stereocenters. The van der Waals surface area contributed by atoms with Gasteiger partial charge in [-0.3, -0.25) is 0 Å². The van der Waals surface area contributed by atoms with Crippen LogP contribution in [0.5, 0.6) is 5.75 Å². The Hall–Kier alpha value is -1.02. The molecule has 0 aliphatic heterocycles. The molecule has 1 aromatic rings. The summed E-state index contributed by atoms with van der Waals surface area (Å²) in [6.45, 7) is 13.4. The van der Waals surface area contributed by atoms with E-state index in [4.69, 9.17) is 4.74 Å². The van der Waals surface area contributed by atoms with E-state index in [1.807, 2.05) is 0 Å². The first-order valence-electron chi connectivity index (χ1n) is 7.68. The van der Waals surface area contributed by atoms with Gasteiger partial charge in [-0.05, 0) is 56.7 Å².